The molecule has 0 fully saturated rings. The van der Waals surface area contributed by atoms with E-state index in [1.54, 1.807) is 26.2 Å². The van der Waals surface area contributed by atoms with Gasteiger partial charge in [-0.3, -0.25) is 0 Å². The number of para-hydroxylation sites is 1. The molecule has 9 nitrogen and oxygen atoms in total. The van der Waals surface area contributed by atoms with Gasteiger partial charge < -0.3 is 31.8 Å². The molecule has 0 aliphatic heterocycles. The molecule has 9 heteroatoms. The highest BCUT2D eigenvalue weighted by Crippen LogP contribution is 2.25. The summed E-state index contributed by atoms with van der Waals surface area (Å²) >= 11 is 0. The number of nitrogen functional groups attached to an aromatic ring is 2. The third-order valence-electron chi connectivity index (χ3n) is 4.33. The van der Waals surface area contributed by atoms with Gasteiger partial charge in [0.25, 0.3) is 0 Å². The molecule has 1 aromatic carbocycles. The molecule has 7 N–H and O–H groups in total. The molecule has 0 aliphatic carbocycles. The summed E-state index contributed by atoms with van der Waals surface area (Å²) in [6.07, 6.45) is 1.75. The maximum atomic E-state index is 10.00. The number of imidazole rings is 1. The van der Waals surface area contributed by atoms with Crippen LogP contribution in [0.1, 0.15) is 39.3 Å². The van der Waals surface area contributed by atoms with Gasteiger partial charge in [0.1, 0.15) is 0 Å². The number of hydrogen-bond donors (Lipinski definition) is 5. The topological polar surface area (TPSA) is 140 Å². The van der Waals surface area contributed by atoms with Crippen LogP contribution in [0.4, 0.5) is 23.1 Å². The standard InChI is InChI=1S/C19H28N8O/c1-11(2)27-10-24-15-16(22-8-12-6-5-7-13(20)14(12)21)25-18(26-17(15)27)23-9-19(3,4)28/h5-7,10-11,28H,8-9,20-21H2,1-4H3,(H2,22,23,25,26). The number of fused-ring (bicyclic) bond motifs is 1. The normalized spacial score (nSPS) is 11.9. The fourth-order valence-corrected chi connectivity index (χ4v) is 2.76. The Balaban J connectivity index is 1.96. The van der Waals surface area contributed by atoms with Gasteiger partial charge in [0, 0.05) is 19.1 Å². The fourth-order valence-electron chi connectivity index (χ4n) is 2.76. The van der Waals surface area contributed by atoms with Gasteiger partial charge in [0.15, 0.2) is 17.0 Å². The molecule has 28 heavy (non-hydrogen) atoms. The lowest BCUT2D eigenvalue weighted by Crippen LogP contribution is -2.30. The maximum absolute atomic E-state index is 10.00. The van der Waals surface area contributed by atoms with Crippen LogP contribution in [0.5, 0.6) is 0 Å². The van der Waals surface area contributed by atoms with Gasteiger partial charge >= 0.3 is 0 Å². The van der Waals surface area contributed by atoms with Gasteiger partial charge in [0.2, 0.25) is 5.95 Å². The van der Waals surface area contributed by atoms with Crippen molar-refractivity contribution in [2.45, 2.75) is 45.9 Å². The Hall–Kier alpha value is -3.07. The van der Waals surface area contributed by atoms with Crippen LogP contribution < -0.4 is 22.1 Å². The van der Waals surface area contributed by atoms with Gasteiger partial charge in [-0.05, 0) is 39.3 Å². The average molecular weight is 384 g/mol. The second-order valence-corrected chi connectivity index (χ2v) is 7.75. The van der Waals surface area contributed by atoms with Crippen LogP contribution in [0.15, 0.2) is 24.5 Å². The molecule has 0 saturated heterocycles. The van der Waals surface area contributed by atoms with Crippen molar-refractivity contribution in [1.82, 2.24) is 19.5 Å². The molecule has 150 valence electrons. The van der Waals surface area contributed by atoms with Crippen LogP contribution in [-0.2, 0) is 6.54 Å². The lowest BCUT2D eigenvalue weighted by Gasteiger charge is -2.18. The van der Waals surface area contributed by atoms with E-state index in [0.29, 0.717) is 47.4 Å². The van der Waals surface area contributed by atoms with Gasteiger partial charge in [-0.15, -0.1) is 0 Å². The largest absolute Gasteiger partial charge is 0.397 e. The molecule has 0 atom stereocenters. The zero-order chi connectivity index (χ0) is 20.5. The minimum Gasteiger partial charge on any atom is -0.397 e. The van der Waals surface area contributed by atoms with E-state index >= 15 is 0 Å². The Morgan fingerprint density at radius 2 is 1.93 bits per heavy atom. The summed E-state index contributed by atoms with van der Waals surface area (Å²) < 4.78 is 1.98. The molecule has 3 rings (SSSR count). The third kappa shape index (κ3) is 4.25. The molecule has 0 radical (unpaired) electrons. The zero-order valence-electron chi connectivity index (χ0n) is 16.7. The van der Waals surface area contributed by atoms with Crippen molar-refractivity contribution in [1.29, 1.82) is 0 Å². The molecule has 0 spiro atoms. The highest BCUT2D eigenvalue weighted by molar-refractivity contribution is 5.84. The Kier molecular flexibility index (Phi) is 5.28. The lowest BCUT2D eigenvalue weighted by atomic mass is 10.1. The summed E-state index contributed by atoms with van der Waals surface area (Å²) in [6.45, 7) is 8.33. The number of benzene rings is 1. The van der Waals surface area contributed by atoms with Gasteiger partial charge in [0.05, 0.1) is 23.3 Å². The van der Waals surface area contributed by atoms with Crippen molar-refractivity contribution >= 4 is 34.3 Å². The van der Waals surface area contributed by atoms with E-state index in [0.717, 1.165) is 5.56 Å². The van der Waals surface area contributed by atoms with E-state index in [1.165, 1.54) is 0 Å². The van der Waals surface area contributed by atoms with Crippen molar-refractivity contribution in [3.8, 4) is 0 Å². The first kappa shape index (κ1) is 19.7. The molecule has 0 aliphatic rings. The molecule has 2 aromatic heterocycles. The van der Waals surface area contributed by atoms with E-state index in [2.05, 4.69) is 39.4 Å². The second-order valence-electron chi connectivity index (χ2n) is 7.75. The minimum atomic E-state index is -0.889. The van der Waals surface area contributed by atoms with Crippen LogP contribution >= 0.6 is 0 Å². The second kappa shape index (κ2) is 7.51. The Labute approximate surface area is 164 Å². The fraction of sp³-hybridized carbons (Fsp3) is 0.421. The predicted octanol–water partition coefficient (Wildman–Crippen LogP) is 2.37. The van der Waals surface area contributed by atoms with Crippen LogP contribution in [0.3, 0.4) is 0 Å². The highest BCUT2D eigenvalue weighted by atomic mass is 16.3. The molecule has 0 amide bonds. The smallest absolute Gasteiger partial charge is 0.226 e. The monoisotopic (exact) mass is 384 g/mol. The summed E-state index contributed by atoms with van der Waals surface area (Å²) in [5, 5.41) is 16.4. The van der Waals surface area contributed by atoms with Crippen molar-refractivity contribution in [3.63, 3.8) is 0 Å². The molecule has 0 bridgehead atoms. The summed E-state index contributed by atoms with van der Waals surface area (Å²) in [6, 6.07) is 5.74. The first-order chi connectivity index (χ1) is 13.2. The number of nitrogens with one attached hydrogen (secondary N) is 2. The minimum absolute atomic E-state index is 0.194. The predicted molar refractivity (Wildman–Crippen MR) is 113 cm³/mol. The summed E-state index contributed by atoms with van der Waals surface area (Å²) in [4.78, 5) is 13.6. The van der Waals surface area contributed by atoms with Crippen molar-refractivity contribution in [3.05, 3.63) is 30.1 Å². The Bertz CT molecular complexity index is 974. The molecule has 2 heterocycles. The summed E-state index contributed by atoms with van der Waals surface area (Å²) in [5.41, 5.74) is 14.4. The number of aromatic nitrogens is 4. The summed E-state index contributed by atoms with van der Waals surface area (Å²) in [5.74, 6) is 1.00. The van der Waals surface area contributed by atoms with Crippen LogP contribution in [0, 0.1) is 0 Å². The molecular weight excluding hydrogens is 356 g/mol. The van der Waals surface area contributed by atoms with E-state index < -0.39 is 5.60 Å². The average Bonchev–Trinajstić information content (AvgIpc) is 3.05. The summed E-state index contributed by atoms with van der Waals surface area (Å²) in [7, 11) is 0. The molecule has 3 aromatic rings. The Morgan fingerprint density at radius 3 is 2.61 bits per heavy atom. The van der Waals surface area contributed by atoms with Crippen molar-refractivity contribution in [2.75, 3.05) is 28.6 Å². The van der Waals surface area contributed by atoms with Crippen LogP contribution in [-0.4, -0.2) is 36.8 Å². The van der Waals surface area contributed by atoms with Crippen molar-refractivity contribution < 1.29 is 5.11 Å². The maximum Gasteiger partial charge on any atom is 0.226 e. The van der Waals surface area contributed by atoms with Crippen molar-refractivity contribution in [2.24, 2.45) is 0 Å². The molecule has 0 unspecified atom stereocenters. The van der Waals surface area contributed by atoms with Crippen LogP contribution in [0.2, 0.25) is 0 Å². The van der Waals surface area contributed by atoms with E-state index in [4.69, 9.17) is 11.5 Å². The molecular formula is C19H28N8O. The first-order valence-corrected chi connectivity index (χ1v) is 9.23. The number of nitrogens with zero attached hydrogens (tertiary/aromatic N) is 4. The number of rotatable bonds is 7. The van der Waals surface area contributed by atoms with E-state index in [1.807, 2.05) is 16.7 Å². The van der Waals surface area contributed by atoms with Gasteiger partial charge in [-0.25, -0.2) is 4.98 Å². The SMILES string of the molecule is CC(C)n1cnc2c(NCc3cccc(N)c3N)nc(NCC(C)(C)O)nc21. The molecule has 0 saturated carbocycles. The van der Waals surface area contributed by atoms with Gasteiger partial charge in [-0.1, -0.05) is 12.1 Å². The number of aliphatic hydroxyl groups is 1. The van der Waals surface area contributed by atoms with Crippen LogP contribution in [0.25, 0.3) is 11.2 Å². The first-order valence-electron chi connectivity index (χ1n) is 9.23. The Morgan fingerprint density at radius 1 is 1.18 bits per heavy atom. The zero-order valence-corrected chi connectivity index (χ0v) is 16.7. The number of hydrogen-bond acceptors (Lipinski definition) is 8. The number of anilines is 4. The quantitative estimate of drug-likeness (QED) is 0.391. The van der Waals surface area contributed by atoms with E-state index in [-0.39, 0.29) is 6.04 Å². The highest BCUT2D eigenvalue weighted by Gasteiger charge is 2.17. The number of nitrogens with two attached hydrogens (primary N) is 2. The third-order valence-corrected chi connectivity index (χ3v) is 4.33. The van der Waals surface area contributed by atoms with Gasteiger partial charge in [-0.2, -0.15) is 9.97 Å². The van der Waals surface area contributed by atoms with E-state index in [9.17, 15) is 5.11 Å². The lowest BCUT2D eigenvalue weighted by molar-refractivity contribution is 0.0943.